The Hall–Kier alpha value is -4.70. The van der Waals surface area contributed by atoms with Gasteiger partial charge in [-0.1, -0.05) is 60.7 Å². The van der Waals surface area contributed by atoms with Gasteiger partial charge in [-0.2, -0.15) is 0 Å². The van der Waals surface area contributed by atoms with Crippen molar-refractivity contribution in [2.45, 2.75) is 31.3 Å². The minimum Gasteiger partial charge on any atom is -0.480 e. The lowest BCUT2D eigenvalue weighted by Crippen LogP contribution is -2.52. The number of thioether (sulfide) groups is 1. The second kappa shape index (κ2) is 13.3. The van der Waals surface area contributed by atoms with E-state index < -0.39 is 24.0 Å². The number of hydrogen-bond donors (Lipinski definition) is 3. The number of pyridine rings is 1. The van der Waals surface area contributed by atoms with Crippen LogP contribution < -0.4 is 10.6 Å². The Morgan fingerprint density at radius 1 is 0.929 bits per heavy atom. The summed E-state index contributed by atoms with van der Waals surface area (Å²) in [6.07, 6.45) is 2.48. The molecule has 1 saturated heterocycles. The van der Waals surface area contributed by atoms with E-state index in [-0.39, 0.29) is 24.7 Å². The largest absolute Gasteiger partial charge is 0.480 e. The number of nitrogens with zero attached hydrogens (tertiary/aromatic N) is 2. The minimum absolute atomic E-state index is 0.0477. The molecule has 4 aromatic rings. The highest BCUT2D eigenvalue weighted by molar-refractivity contribution is 7.99. The Balaban J connectivity index is 1.18. The molecule has 1 aliphatic rings. The number of anilines is 1. The van der Waals surface area contributed by atoms with Crippen molar-refractivity contribution in [3.63, 3.8) is 0 Å². The topological polar surface area (TPSA) is 129 Å². The molecule has 10 heteroatoms. The minimum atomic E-state index is -1.17. The quantitative estimate of drug-likeness (QED) is 0.256. The molecule has 5 rings (SSSR count). The van der Waals surface area contributed by atoms with Crippen molar-refractivity contribution in [1.29, 1.82) is 0 Å². The average Bonchev–Trinajstić information content (AvgIpc) is 3.51. The molecule has 0 saturated carbocycles. The number of carboxylic acids is 1. The number of carbonyl (C=O) groups excluding carboxylic acids is 3. The summed E-state index contributed by atoms with van der Waals surface area (Å²) in [5.74, 6) is -1.25. The summed E-state index contributed by atoms with van der Waals surface area (Å²) in [5.41, 5.74) is 3.48. The first kappa shape index (κ1) is 28.8. The van der Waals surface area contributed by atoms with Crippen LogP contribution in [0.4, 0.5) is 5.69 Å². The summed E-state index contributed by atoms with van der Waals surface area (Å²) < 4.78 is 0. The van der Waals surface area contributed by atoms with Crippen LogP contribution in [0.5, 0.6) is 0 Å². The fraction of sp³-hybridized carbons (Fsp3) is 0.219. The summed E-state index contributed by atoms with van der Waals surface area (Å²) in [6, 6.07) is 23.6. The molecule has 0 radical (unpaired) electrons. The van der Waals surface area contributed by atoms with Crippen molar-refractivity contribution >= 4 is 52.0 Å². The molecular weight excluding hydrogens is 552 g/mol. The van der Waals surface area contributed by atoms with E-state index in [4.69, 9.17) is 0 Å². The number of aliphatic carboxylic acids is 1. The van der Waals surface area contributed by atoms with Gasteiger partial charge in [0.2, 0.25) is 11.8 Å². The van der Waals surface area contributed by atoms with Gasteiger partial charge in [0.05, 0.1) is 17.0 Å². The van der Waals surface area contributed by atoms with Crippen LogP contribution in [0, 0.1) is 0 Å². The number of carbonyl (C=O) groups is 4. The maximum Gasteiger partial charge on any atom is 0.326 e. The van der Waals surface area contributed by atoms with Crippen LogP contribution in [0.25, 0.3) is 10.9 Å². The van der Waals surface area contributed by atoms with E-state index in [0.29, 0.717) is 34.9 Å². The van der Waals surface area contributed by atoms with E-state index in [1.54, 1.807) is 36.5 Å². The van der Waals surface area contributed by atoms with Crippen molar-refractivity contribution < 1.29 is 24.3 Å². The molecule has 9 nitrogen and oxygen atoms in total. The van der Waals surface area contributed by atoms with Gasteiger partial charge >= 0.3 is 5.97 Å². The lowest BCUT2D eigenvalue weighted by Gasteiger charge is -2.25. The van der Waals surface area contributed by atoms with E-state index in [1.807, 2.05) is 54.6 Å². The molecule has 42 heavy (non-hydrogen) atoms. The molecule has 2 heterocycles. The fourth-order valence-electron chi connectivity index (χ4n) is 4.87. The number of rotatable bonds is 10. The van der Waals surface area contributed by atoms with E-state index in [9.17, 15) is 24.3 Å². The summed E-state index contributed by atoms with van der Waals surface area (Å²) in [5, 5.41) is 16.1. The third-order valence-electron chi connectivity index (χ3n) is 7.14. The highest BCUT2D eigenvalue weighted by Gasteiger charge is 2.36. The maximum absolute atomic E-state index is 13.1. The lowest BCUT2D eigenvalue weighted by atomic mass is 10.0. The highest BCUT2D eigenvalue weighted by atomic mass is 32.2. The van der Waals surface area contributed by atoms with Crippen LogP contribution in [-0.4, -0.2) is 62.4 Å². The third-order valence-corrected chi connectivity index (χ3v) is 8.15. The molecule has 2 atom stereocenters. The Morgan fingerprint density at radius 3 is 2.43 bits per heavy atom. The van der Waals surface area contributed by atoms with Gasteiger partial charge in [0.25, 0.3) is 5.91 Å². The lowest BCUT2D eigenvalue weighted by molar-refractivity contribution is -0.143. The van der Waals surface area contributed by atoms with Gasteiger partial charge < -0.3 is 20.6 Å². The number of nitrogens with one attached hydrogen (secondary N) is 2. The molecule has 0 aliphatic carbocycles. The number of amides is 3. The Morgan fingerprint density at radius 2 is 1.67 bits per heavy atom. The first-order valence-electron chi connectivity index (χ1n) is 13.6. The van der Waals surface area contributed by atoms with Crippen LogP contribution in [0.3, 0.4) is 0 Å². The highest BCUT2D eigenvalue weighted by Crippen LogP contribution is 2.23. The number of fused-ring (bicyclic) bond motifs is 1. The summed E-state index contributed by atoms with van der Waals surface area (Å²) >= 11 is 1.47. The Kier molecular flexibility index (Phi) is 9.13. The Labute approximate surface area is 247 Å². The van der Waals surface area contributed by atoms with Crippen molar-refractivity contribution in [2.75, 3.05) is 16.9 Å². The van der Waals surface area contributed by atoms with Gasteiger partial charge in [0.1, 0.15) is 12.1 Å². The Bertz CT molecular complexity index is 1590. The maximum atomic E-state index is 13.1. The van der Waals surface area contributed by atoms with E-state index in [0.717, 1.165) is 16.5 Å². The molecule has 1 aliphatic heterocycles. The molecule has 0 bridgehead atoms. The predicted octanol–water partition coefficient (Wildman–Crippen LogP) is 4.13. The van der Waals surface area contributed by atoms with Crippen molar-refractivity contribution in [2.24, 2.45) is 0 Å². The van der Waals surface area contributed by atoms with E-state index in [2.05, 4.69) is 15.6 Å². The zero-order chi connectivity index (χ0) is 29.5. The molecule has 1 aromatic heterocycles. The van der Waals surface area contributed by atoms with Gasteiger partial charge in [-0.25, -0.2) is 4.79 Å². The second-order valence-corrected chi connectivity index (χ2v) is 11.0. The predicted molar refractivity (Wildman–Crippen MR) is 162 cm³/mol. The van der Waals surface area contributed by atoms with Crippen molar-refractivity contribution in [1.82, 2.24) is 15.2 Å². The molecule has 3 N–H and O–H groups in total. The zero-order valence-corrected chi connectivity index (χ0v) is 23.5. The first-order valence-corrected chi connectivity index (χ1v) is 14.7. The molecule has 1 fully saturated rings. The monoisotopic (exact) mass is 582 g/mol. The summed E-state index contributed by atoms with van der Waals surface area (Å²) in [4.78, 5) is 56.8. The fourth-order valence-corrected chi connectivity index (χ4v) is 6.05. The average molecular weight is 583 g/mol. The van der Waals surface area contributed by atoms with Crippen LogP contribution >= 0.6 is 11.8 Å². The number of para-hydroxylation sites is 1. The first-order chi connectivity index (χ1) is 20.4. The number of carboxylic acid groups (broad SMARTS) is 1. The van der Waals surface area contributed by atoms with Crippen LogP contribution in [-0.2, 0) is 27.2 Å². The van der Waals surface area contributed by atoms with Crippen LogP contribution in [0.15, 0.2) is 91.1 Å². The van der Waals surface area contributed by atoms with E-state index >= 15 is 0 Å². The molecular formula is C32H30N4O5S. The van der Waals surface area contributed by atoms with Gasteiger partial charge in [-0.05, 0) is 41.8 Å². The van der Waals surface area contributed by atoms with Crippen LogP contribution in [0.2, 0.25) is 0 Å². The van der Waals surface area contributed by atoms with E-state index in [1.165, 1.54) is 16.7 Å². The van der Waals surface area contributed by atoms with Gasteiger partial charge in [-0.3, -0.25) is 19.4 Å². The molecule has 0 spiro atoms. The number of aromatic nitrogens is 1. The number of hydrogen-bond acceptors (Lipinski definition) is 6. The van der Waals surface area contributed by atoms with Crippen LogP contribution in [0.1, 0.15) is 27.9 Å². The molecule has 3 amide bonds. The summed E-state index contributed by atoms with van der Waals surface area (Å²) in [7, 11) is 0. The smallest absolute Gasteiger partial charge is 0.326 e. The van der Waals surface area contributed by atoms with Gasteiger partial charge in [0, 0.05) is 35.9 Å². The van der Waals surface area contributed by atoms with Gasteiger partial charge in [0.15, 0.2) is 0 Å². The van der Waals surface area contributed by atoms with Gasteiger partial charge in [-0.15, -0.1) is 11.8 Å². The SMILES string of the molecule is O=C(Nc1ccc(C[C@H](NC(=O)[C@@H]2CSCN2C(=O)CCc2ccccc2)C(=O)O)cc1)c1ccnc2ccccc12. The number of benzene rings is 3. The van der Waals surface area contributed by atoms with Crippen molar-refractivity contribution in [3.8, 4) is 0 Å². The molecule has 0 unspecified atom stereocenters. The molecule has 214 valence electrons. The standard InChI is InChI=1S/C32H30N4O5S/c37-29(15-12-21-6-2-1-3-7-21)36-20-42-19-28(36)31(39)35-27(32(40)41)18-22-10-13-23(14-11-22)34-30(38)25-16-17-33-26-9-5-4-8-24(25)26/h1-11,13-14,16-17,27-28H,12,15,18-20H2,(H,34,38)(H,35,39)(H,40,41)/t27-,28-/m0/s1. The normalized spacial score (nSPS) is 15.2. The molecule has 3 aromatic carbocycles. The summed E-state index contributed by atoms with van der Waals surface area (Å²) in [6.45, 7) is 0. The zero-order valence-electron chi connectivity index (χ0n) is 22.7. The third kappa shape index (κ3) is 6.95. The second-order valence-electron chi connectivity index (χ2n) is 10.00. The number of aryl methyl sites for hydroxylation is 1. The van der Waals surface area contributed by atoms with Crippen molar-refractivity contribution in [3.05, 3.63) is 108 Å².